The molecule has 116 valence electrons. The SMILES string of the molecule is CC(=O)[C@@](O)(CSc1ccc(F)cc1)Cc1ccc(F)cc1. The second-order valence-electron chi connectivity index (χ2n) is 5.13. The number of rotatable bonds is 6. The number of hydrogen-bond acceptors (Lipinski definition) is 3. The standard InChI is InChI=1S/C17H16F2O2S/c1-12(20)17(21,10-13-2-4-14(18)5-3-13)11-22-16-8-6-15(19)7-9-16/h2-9,21H,10-11H2,1H3/t17-/m0/s1. The predicted octanol–water partition coefficient (Wildman–Crippen LogP) is 3.62. The van der Waals surface area contributed by atoms with E-state index < -0.39 is 5.60 Å². The van der Waals surface area contributed by atoms with Gasteiger partial charge < -0.3 is 5.11 Å². The predicted molar refractivity (Wildman–Crippen MR) is 82.9 cm³/mol. The Morgan fingerprint density at radius 1 is 1.05 bits per heavy atom. The van der Waals surface area contributed by atoms with Crippen molar-refractivity contribution in [3.05, 3.63) is 65.7 Å². The van der Waals surface area contributed by atoms with Gasteiger partial charge in [0.25, 0.3) is 0 Å². The van der Waals surface area contributed by atoms with E-state index in [0.29, 0.717) is 5.56 Å². The summed E-state index contributed by atoms with van der Waals surface area (Å²) in [5.41, 5.74) is -0.865. The van der Waals surface area contributed by atoms with Crippen LogP contribution in [0, 0.1) is 11.6 Å². The zero-order valence-electron chi connectivity index (χ0n) is 12.1. The van der Waals surface area contributed by atoms with Gasteiger partial charge in [-0.25, -0.2) is 8.78 Å². The zero-order chi connectivity index (χ0) is 16.2. The Morgan fingerprint density at radius 3 is 2.05 bits per heavy atom. The number of benzene rings is 2. The van der Waals surface area contributed by atoms with Gasteiger partial charge in [0.2, 0.25) is 0 Å². The van der Waals surface area contributed by atoms with Crippen LogP contribution in [0.25, 0.3) is 0 Å². The molecular weight excluding hydrogens is 306 g/mol. The molecule has 0 heterocycles. The van der Waals surface area contributed by atoms with Crippen LogP contribution in [-0.4, -0.2) is 22.2 Å². The van der Waals surface area contributed by atoms with E-state index in [1.165, 1.54) is 43.0 Å². The molecule has 0 aliphatic heterocycles. The van der Waals surface area contributed by atoms with Crippen molar-refractivity contribution >= 4 is 17.5 Å². The van der Waals surface area contributed by atoms with Crippen molar-refractivity contribution in [1.29, 1.82) is 0 Å². The maximum atomic E-state index is 12.9. The zero-order valence-corrected chi connectivity index (χ0v) is 12.9. The summed E-state index contributed by atoms with van der Waals surface area (Å²) in [6, 6.07) is 11.5. The molecule has 0 aliphatic rings. The van der Waals surface area contributed by atoms with Crippen molar-refractivity contribution < 1.29 is 18.7 Å². The molecule has 2 aromatic carbocycles. The highest BCUT2D eigenvalue weighted by atomic mass is 32.2. The van der Waals surface area contributed by atoms with Gasteiger partial charge in [-0.15, -0.1) is 11.8 Å². The van der Waals surface area contributed by atoms with Crippen LogP contribution in [-0.2, 0) is 11.2 Å². The molecule has 0 aliphatic carbocycles. The molecule has 0 spiro atoms. The van der Waals surface area contributed by atoms with E-state index in [1.54, 1.807) is 24.3 Å². The summed E-state index contributed by atoms with van der Waals surface area (Å²) in [5, 5.41) is 10.6. The van der Waals surface area contributed by atoms with Crippen LogP contribution in [0.4, 0.5) is 8.78 Å². The number of carbonyl (C=O) groups excluding carboxylic acids is 1. The summed E-state index contributed by atoms with van der Waals surface area (Å²) in [7, 11) is 0. The van der Waals surface area contributed by atoms with Crippen LogP contribution in [0.2, 0.25) is 0 Å². The Balaban J connectivity index is 2.08. The van der Waals surface area contributed by atoms with Crippen molar-refractivity contribution in [2.45, 2.75) is 23.8 Å². The smallest absolute Gasteiger partial charge is 0.162 e. The molecular formula is C17H16F2O2S. The Labute approximate surface area is 132 Å². The van der Waals surface area contributed by atoms with Gasteiger partial charge in [0.05, 0.1) is 0 Å². The van der Waals surface area contributed by atoms with Gasteiger partial charge in [-0.1, -0.05) is 12.1 Å². The lowest BCUT2D eigenvalue weighted by Gasteiger charge is -2.25. The molecule has 0 radical (unpaired) electrons. The molecule has 1 atom stereocenters. The van der Waals surface area contributed by atoms with Crippen LogP contribution in [0.5, 0.6) is 0 Å². The fraction of sp³-hybridized carbons (Fsp3) is 0.235. The third-order valence-corrected chi connectivity index (χ3v) is 4.58. The number of Topliss-reactive ketones (excluding diaryl/α,β-unsaturated/α-hetero) is 1. The maximum Gasteiger partial charge on any atom is 0.162 e. The molecule has 5 heteroatoms. The van der Waals surface area contributed by atoms with Gasteiger partial charge in [-0.05, 0) is 48.9 Å². The van der Waals surface area contributed by atoms with E-state index >= 15 is 0 Å². The summed E-state index contributed by atoms with van der Waals surface area (Å²) in [6.07, 6.45) is 0.108. The number of ketones is 1. The number of thioether (sulfide) groups is 1. The molecule has 2 rings (SSSR count). The quantitative estimate of drug-likeness (QED) is 0.825. The van der Waals surface area contributed by atoms with Crippen LogP contribution < -0.4 is 0 Å². The molecule has 0 unspecified atom stereocenters. The average Bonchev–Trinajstić information content (AvgIpc) is 2.49. The van der Waals surface area contributed by atoms with Crippen molar-refractivity contribution in [2.75, 3.05) is 5.75 Å². The molecule has 0 saturated carbocycles. The van der Waals surface area contributed by atoms with Crippen molar-refractivity contribution in [2.24, 2.45) is 0 Å². The van der Waals surface area contributed by atoms with Crippen molar-refractivity contribution in [3.8, 4) is 0 Å². The normalized spacial score (nSPS) is 13.6. The monoisotopic (exact) mass is 322 g/mol. The highest BCUT2D eigenvalue weighted by Crippen LogP contribution is 2.26. The van der Waals surface area contributed by atoms with Gasteiger partial charge >= 0.3 is 0 Å². The van der Waals surface area contributed by atoms with E-state index in [4.69, 9.17) is 0 Å². The lowest BCUT2D eigenvalue weighted by Crippen LogP contribution is -2.42. The van der Waals surface area contributed by atoms with Crippen LogP contribution >= 0.6 is 11.8 Å². The molecule has 0 bridgehead atoms. The summed E-state index contributed by atoms with van der Waals surface area (Å²) in [4.78, 5) is 12.6. The van der Waals surface area contributed by atoms with Gasteiger partial charge in [0.1, 0.15) is 17.2 Å². The largest absolute Gasteiger partial charge is 0.381 e. The molecule has 0 fully saturated rings. The van der Waals surface area contributed by atoms with Gasteiger partial charge in [0, 0.05) is 17.1 Å². The molecule has 2 nitrogen and oxygen atoms in total. The molecule has 0 amide bonds. The minimum absolute atomic E-state index is 0.108. The second-order valence-corrected chi connectivity index (χ2v) is 6.18. The number of halogens is 2. The van der Waals surface area contributed by atoms with Crippen molar-refractivity contribution in [1.82, 2.24) is 0 Å². The summed E-state index contributed by atoms with van der Waals surface area (Å²) < 4.78 is 25.8. The van der Waals surface area contributed by atoms with Crippen LogP contribution in [0.1, 0.15) is 12.5 Å². The first-order valence-corrected chi connectivity index (χ1v) is 7.74. The molecule has 2 aromatic rings. The van der Waals surface area contributed by atoms with Crippen LogP contribution in [0.15, 0.2) is 53.4 Å². The number of carbonyl (C=O) groups is 1. The minimum atomic E-state index is -1.54. The van der Waals surface area contributed by atoms with E-state index in [1.807, 2.05) is 0 Å². The topological polar surface area (TPSA) is 37.3 Å². The van der Waals surface area contributed by atoms with E-state index in [0.717, 1.165) is 4.90 Å². The van der Waals surface area contributed by atoms with Crippen LogP contribution in [0.3, 0.4) is 0 Å². The highest BCUT2D eigenvalue weighted by molar-refractivity contribution is 7.99. The Morgan fingerprint density at radius 2 is 1.55 bits per heavy atom. The average molecular weight is 322 g/mol. The molecule has 0 saturated heterocycles. The lowest BCUT2D eigenvalue weighted by atomic mass is 9.93. The van der Waals surface area contributed by atoms with Gasteiger partial charge in [0.15, 0.2) is 5.78 Å². The fourth-order valence-corrected chi connectivity index (χ4v) is 2.99. The Hall–Kier alpha value is -1.72. The third-order valence-electron chi connectivity index (χ3n) is 3.36. The number of hydrogen-bond donors (Lipinski definition) is 1. The molecule has 22 heavy (non-hydrogen) atoms. The Bertz CT molecular complexity index is 641. The summed E-state index contributed by atoms with van der Waals surface area (Å²) in [6.45, 7) is 1.33. The van der Waals surface area contributed by atoms with E-state index in [2.05, 4.69) is 0 Å². The number of aliphatic hydroxyl groups is 1. The first kappa shape index (κ1) is 16.6. The minimum Gasteiger partial charge on any atom is -0.381 e. The summed E-state index contributed by atoms with van der Waals surface area (Å²) >= 11 is 1.28. The van der Waals surface area contributed by atoms with E-state index in [-0.39, 0.29) is 29.6 Å². The molecule has 0 aromatic heterocycles. The lowest BCUT2D eigenvalue weighted by molar-refractivity contribution is -0.132. The maximum absolute atomic E-state index is 12.9. The highest BCUT2D eigenvalue weighted by Gasteiger charge is 2.33. The first-order chi connectivity index (χ1) is 10.4. The van der Waals surface area contributed by atoms with Gasteiger partial charge in [-0.2, -0.15) is 0 Å². The summed E-state index contributed by atoms with van der Waals surface area (Å²) in [5.74, 6) is -0.912. The first-order valence-electron chi connectivity index (χ1n) is 6.75. The Kier molecular flexibility index (Phi) is 5.32. The fourth-order valence-electron chi connectivity index (χ4n) is 1.95. The van der Waals surface area contributed by atoms with E-state index in [9.17, 15) is 18.7 Å². The second kappa shape index (κ2) is 7.03. The third kappa shape index (κ3) is 4.39. The van der Waals surface area contributed by atoms with Crippen molar-refractivity contribution in [3.63, 3.8) is 0 Å². The van der Waals surface area contributed by atoms with Gasteiger partial charge in [-0.3, -0.25) is 4.79 Å². The molecule has 1 N–H and O–H groups in total.